The Bertz CT molecular complexity index is 958. The van der Waals surface area contributed by atoms with Crippen molar-refractivity contribution >= 4 is 16.7 Å². The molecule has 144 valence electrons. The van der Waals surface area contributed by atoms with Gasteiger partial charge in [-0.2, -0.15) is 0 Å². The lowest BCUT2D eigenvalue weighted by Gasteiger charge is -2.24. The van der Waals surface area contributed by atoms with Crippen molar-refractivity contribution in [3.05, 3.63) is 54.5 Å². The van der Waals surface area contributed by atoms with E-state index >= 15 is 0 Å². The van der Waals surface area contributed by atoms with Crippen LogP contribution in [0.5, 0.6) is 5.88 Å². The Hall–Kier alpha value is -2.73. The Labute approximate surface area is 164 Å². The van der Waals surface area contributed by atoms with Crippen LogP contribution in [0.3, 0.4) is 0 Å². The number of benzene rings is 1. The molecule has 6 heteroatoms. The molecule has 0 amide bonds. The van der Waals surface area contributed by atoms with Gasteiger partial charge in [0.15, 0.2) is 0 Å². The van der Waals surface area contributed by atoms with Crippen molar-refractivity contribution in [2.24, 2.45) is 0 Å². The largest absolute Gasteiger partial charge is 0.471 e. The fraction of sp³-hybridized carbons (Fsp3) is 0.409. The monoisotopic (exact) mass is 376 g/mol. The maximum absolute atomic E-state index is 6.32. The van der Waals surface area contributed by atoms with Crippen molar-refractivity contribution in [3.8, 4) is 5.88 Å². The molecule has 1 aromatic carbocycles. The number of ether oxygens (including phenoxy) is 2. The van der Waals surface area contributed by atoms with Gasteiger partial charge in [0.1, 0.15) is 17.6 Å². The smallest absolute Gasteiger partial charge is 0.236 e. The molecular weight excluding hydrogens is 352 g/mol. The number of nitrogens with zero attached hydrogens (tertiary/aromatic N) is 4. The van der Waals surface area contributed by atoms with Crippen molar-refractivity contribution in [1.29, 1.82) is 0 Å². The molecule has 0 aliphatic carbocycles. The quantitative estimate of drug-likeness (QED) is 0.694. The molecule has 2 aliphatic rings. The molecule has 1 atom stereocenters. The van der Waals surface area contributed by atoms with Crippen molar-refractivity contribution in [3.63, 3.8) is 0 Å². The highest BCUT2D eigenvalue weighted by Gasteiger charge is 2.28. The number of hydrogen-bond acceptors (Lipinski definition) is 6. The second kappa shape index (κ2) is 7.72. The lowest BCUT2D eigenvalue weighted by atomic mass is 9.96. The number of pyridine rings is 1. The molecular formula is C22H24N4O2. The number of aromatic nitrogens is 3. The summed E-state index contributed by atoms with van der Waals surface area (Å²) < 4.78 is 11.8. The van der Waals surface area contributed by atoms with Crippen molar-refractivity contribution in [2.45, 2.75) is 31.3 Å². The Kier molecular flexibility index (Phi) is 4.79. The number of para-hydroxylation sites is 1. The van der Waals surface area contributed by atoms with Crippen LogP contribution in [-0.2, 0) is 4.74 Å². The highest BCUT2D eigenvalue weighted by atomic mass is 16.5. The van der Waals surface area contributed by atoms with E-state index in [0.29, 0.717) is 11.8 Å². The van der Waals surface area contributed by atoms with Crippen molar-refractivity contribution < 1.29 is 9.47 Å². The third-order valence-corrected chi connectivity index (χ3v) is 5.63. The molecule has 0 saturated carbocycles. The van der Waals surface area contributed by atoms with Gasteiger partial charge in [-0.1, -0.05) is 18.2 Å². The average Bonchev–Trinajstić information content (AvgIpc) is 3.23. The number of fused-ring (bicyclic) bond motifs is 1. The van der Waals surface area contributed by atoms with Crippen molar-refractivity contribution in [2.75, 3.05) is 31.2 Å². The molecule has 0 N–H and O–H groups in total. The molecule has 4 heterocycles. The predicted molar refractivity (Wildman–Crippen MR) is 108 cm³/mol. The summed E-state index contributed by atoms with van der Waals surface area (Å²) >= 11 is 0. The summed E-state index contributed by atoms with van der Waals surface area (Å²) in [7, 11) is 0. The van der Waals surface area contributed by atoms with Gasteiger partial charge in [0.25, 0.3) is 0 Å². The molecule has 28 heavy (non-hydrogen) atoms. The summed E-state index contributed by atoms with van der Waals surface area (Å²) in [6.45, 7) is 3.31. The number of rotatable bonds is 4. The summed E-state index contributed by atoms with van der Waals surface area (Å²) in [6.07, 6.45) is 6.49. The summed E-state index contributed by atoms with van der Waals surface area (Å²) in [5.74, 6) is 2.07. The van der Waals surface area contributed by atoms with E-state index in [4.69, 9.17) is 14.5 Å². The van der Waals surface area contributed by atoms with E-state index in [1.165, 1.54) is 5.39 Å². The molecule has 0 radical (unpaired) electrons. The van der Waals surface area contributed by atoms with Crippen LogP contribution in [0.15, 0.2) is 48.8 Å². The number of hydrogen-bond donors (Lipinski definition) is 0. The highest BCUT2D eigenvalue weighted by Crippen LogP contribution is 2.32. The lowest BCUT2D eigenvalue weighted by molar-refractivity contribution is 0.0829. The first-order chi connectivity index (χ1) is 13.9. The fourth-order valence-electron chi connectivity index (χ4n) is 4.10. The van der Waals surface area contributed by atoms with Gasteiger partial charge in [0.2, 0.25) is 5.88 Å². The van der Waals surface area contributed by atoms with E-state index in [1.54, 1.807) is 12.4 Å². The SMILES string of the molecule is c1ccc2nc(N3CC[C@@H](Oc4nccnc4C4CCOCC4)C3)ccc2c1. The second-order valence-electron chi connectivity index (χ2n) is 7.47. The zero-order chi connectivity index (χ0) is 18.8. The topological polar surface area (TPSA) is 60.4 Å². The van der Waals surface area contributed by atoms with Crippen LogP contribution in [0.4, 0.5) is 5.82 Å². The Morgan fingerprint density at radius 1 is 0.964 bits per heavy atom. The Balaban J connectivity index is 1.30. The van der Waals surface area contributed by atoms with Crippen LogP contribution in [-0.4, -0.2) is 47.4 Å². The molecule has 6 nitrogen and oxygen atoms in total. The van der Waals surface area contributed by atoms with Gasteiger partial charge >= 0.3 is 0 Å². The maximum Gasteiger partial charge on any atom is 0.236 e. The molecule has 2 fully saturated rings. The van der Waals surface area contributed by atoms with Crippen LogP contribution < -0.4 is 9.64 Å². The standard InChI is InChI=1S/C22H24N4O2/c1-2-4-19-16(3-1)5-6-20(25-19)26-12-7-18(15-26)28-22-21(23-10-11-24-22)17-8-13-27-14-9-17/h1-6,10-11,17-18H,7-9,12-15H2/t18-/m1/s1. The number of anilines is 1. The molecule has 0 unspecified atom stereocenters. The molecule has 0 bridgehead atoms. The van der Waals surface area contributed by atoms with E-state index in [-0.39, 0.29) is 6.10 Å². The summed E-state index contributed by atoms with van der Waals surface area (Å²) in [5.41, 5.74) is 2.01. The molecule has 2 saturated heterocycles. The molecule has 5 rings (SSSR count). The van der Waals surface area contributed by atoms with Gasteiger partial charge in [-0.05, 0) is 31.0 Å². The van der Waals surface area contributed by atoms with Gasteiger partial charge < -0.3 is 14.4 Å². The molecule has 3 aromatic rings. The first-order valence-electron chi connectivity index (χ1n) is 10.0. The van der Waals surface area contributed by atoms with Crippen LogP contribution in [0.25, 0.3) is 10.9 Å². The third-order valence-electron chi connectivity index (χ3n) is 5.63. The van der Waals surface area contributed by atoms with E-state index in [9.17, 15) is 0 Å². The minimum absolute atomic E-state index is 0.101. The van der Waals surface area contributed by atoms with Crippen LogP contribution in [0.1, 0.15) is 30.9 Å². The van der Waals surface area contributed by atoms with Crippen LogP contribution >= 0.6 is 0 Å². The van der Waals surface area contributed by atoms with Crippen molar-refractivity contribution in [1.82, 2.24) is 15.0 Å². The van der Waals surface area contributed by atoms with Gasteiger partial charge in [-0.3, -0.25) is 4.98 Å². The third kappa shape index (κ3) is 3.52. The predicted octanol–water partition coefficient (Wildman–Crippen LogP) is 3.58. The van der Waals surface area contributed by atoms with E-state index < -0.39 is 0 Å². The Morgan fingerprint density at radius 2 is 1.82 bits per heavy atom. The molecule has 2 aromatic heterocycles. The summed E-state index contributed by atoms with van der Waals surface area (Å²) in [5, 5.41) is 1.17. The van der Waals surface area contributed by atoms with Gasteiger partial charge in [0.05, 0.1) is 12.1 Å². The normalized spacial score (nSPS) is 20.6. The zero-order valence-electron chi connectivity index (χ0n) is 15.8. The first-order valence-corrected chi connectivity index (χ1v) is 10.0. The second-order valence-corrected chi connectivity index (χ2v) is 7.47. The highest BCUT2D eigenvalue weighted by molar-refractivity contribution is 5.80. The first kappa shape index (κ1) is 17.4. The van der Waals surface area contributed by atoms with Crippen LogP contribution in [0.2, 0.25) is 0 Å². The zero-order valence-corrected chi connectivity index (χ0v) is 15.8. The minimum Gasteiger partial charge on any atom is -0.471 e. The van der Waals surface area contributed by atoms with Crippen LogP contribution in [0, 0.1) is 0 Å². The molecule has 0 spiro atoms. The van der Waals surface area contributed by atoms with E-state index in [2.05, 4.69) is 39.1 Å². The minimum atomic E-state index is 0.101. The maximum atomic E-state index is 6.32. The van der Waals surface area contributed by atoms with Gasteiger partial charge in [-0.25, -0.2) is 9.97 Å². The summed E-state index contributed by atoms with van der Waals surface area (Å²) in [6, 6.07) is 12.5. The summed E-state index contributed by atoms with van der Waals surface area (Å²) in [4.78, 5) is 16.2. The molecule has 2 aliphatic heterocycles. The Morgan fingerprint density at radius 3 is 2.75 bits per heavy atom. The lowest BCUT2D eigenvalue weighted by Crippen LogP contribution is -2.26. The van der Waals surface area contributed by atoms with E-state index in [1.807, 2.05) is 12.1 Å². The van der Waals surface area contributed by atoms with Gasteiger partial charge in [-0.15, -0.1) is 0 Å². The van der Waals surface area contributed by atoms with E-state index in [0.717, 1.165) is 62.6 Å². The van der Waals surface area contributed by atoms with Gasteiger partial charge in [0, 0.05) is 49.9 Å². The average molecular weight is 376 g/mol. The fourth-order valence-corrected chi connectivity index (χ4v) is 4.10.